The van der Waals surface area contributed by atoms with Gasteiger partial charge in [-0.15, -0.1) is 21.5 Å². The third-order valence-electron chi connectivity index (χ3n) is 13.0. The number of thiazole rings is 1. The summed E-state index contributed by atoms with van der Waals surface area (Å²) in [4.78, 5) is 41.4. The van der Waals surface area contributed by atoms with Crippen molar-refractivity contribution >= 4 is 34.7 Å². The van der Waals surface area contributed by atoms with Crippen molar-refractivity contribution in [2.75, 3.05) is 82.8 Å². The highest BCUT2D eigenvalue weighted by Gasteiger charge is 2.40. The van der Waals surface area contributed by atoms with E-state index in [9.17, 15) is 19.8 Å². The van der Waals surface area contributed by atoms with Crippen LogP contribution in [0, 0.1) is 12.8 Å². The first kappa shape index (κ1) is 43.4. The minimum absolute atomic E-state index is 0.0506. The van der Waals surface area contributed by atoms with Crippen LogP contribution in [0.5, 0.6) is 17.4 Å². The number of likely N-dealkylation sites (tertiary alicyclic amines) is 2. The van der Waals surface area contributed by atoms with Crippen molar-refractivity contribution in [2.24, 2.45) is 5.92 Å². The highest BCUT2D eigenvalue weighted by atomic mass is 32.1. The number of piperazine rings is 1. The predicted molar refractivity (Wildman–Crippen MR) is 242 cm³/mol. The fraction of sp³-hybridized carbons (Fsp3) is 0.478. The molecule has 3 saturated heterocycles. The number of amides is 2. The Morgan fingerprint density at radius 3 is 2.69 bits per heavy atom. The summed E-state index contributed by atoms with van der Waals surface area (Å²) in [7, 11) is 1.60. The third kappa shape index (κ3) is 9.50. The minimum atomic E-state index is -0.835. The van der Waals surface area contributed by atoms with E-state index in [4.69, 9.17) is 14.0 Å². The summed E-state index contributed by atoms with van der Waals surface area (Å²) >= 11 is 1.56. The molecule has 0 spiro atoms. The molecule has 18 heteroatoms. The summed E-state index contributed by atoms with van der Waals surface area (Å²) in [5, 5.41) is 40.3. The maximum absolute atomic E-state index is 13.6. The van der Waals surface area contributed by atoms with Gasteiger partial charge in [0.25, 0.3) is 5.88 Å². The monoisotopic (exact) mass is 892 g/mol. The molecule has 4 aliphatic rings. The topological polar surface area (TPSA) is 195 Å². The van der Waals surface area contributed by atoms with Gasteiger partial charge in [0.15, 0.2) is 5.82 Å². The van der Waals surface area contributed by atoms with Crippen LogP contribution in [-0.2, 0) is 16.0 Å². The smallest absolute Gasteiger partial charge is 0.254 e. The number of ether oxygens (including phenoxy) is 2. The van der Waals surface area contributed by atoms with Gasteiger partial charge in [0.05, 0.1) is 59.2 Å². The highest BCUT2D eigenvalue weighted by molar-refractivity contribution is 7.13. The van der Waals surface area contributed by atoms with Gasteiger partial charge in [0.2, 0.25) is 11.8 Å². The second kappa shape index (κ2) is 19.1. The molecular weight excluding hydrogens is 837 g/mol. The van der Waals surface area contributed by atoms with Gasteiger partial charge in [-0.2, -0.15) is 0 Å². The van der Waals surface area contributed by atoms with Crippen LogP contribution in [0.4, 0.5) is 11.5 Å². The molecule has 5 aromatic rings. The highest BCUT2D eigenvalue weighted by Crippen LogP contribution is 2.37. The summed E-state index contributed by atoms with van der Waals surface area (Å²) in [5.74, 6) is 2.21. The average molecular weight is 893 g/mol. The van der Waals surface area contributed by atoms with Crippen LogP contribution in [0.25, 0.3) is 21.7 Å². The Morgan fingerprint density at radius 1 is 1.05 bits per heavy atom. The van der Waals surface area contributed by atoms with E-state index in [2.05, 4.69) is 45.7 Å². The lowest BCUT2D eigenvalue weighted by atomic mass is 9.95. The SMILES string of the molecule is COc1cc(-c2scnc2C)ccc1[C@H](C)NC(=O)[C@@H]1C[C@@H](O)CN1C(=O)Cc1cc(OCCN2CCC(CN3CCN4c5cc(-c6ccccc6O)nnc5NC[C@H]4C3)CC2)no1. The van der Waals surface area contributed by atoms with Gasteiger partial charge in [-0.1, -0.05) is 24.3 Å². The Bertz CT molecular complexity index is 2440. The van der Waals surface area contributed by atoms with Crippen molar-refractivity contribution < 1.29 is 33.8 Å². The number of aliphatic hydroxyl groups is 1. The number of nitrogens with zero attached hydrogens (tertiary/aromatic N) is 8. The van der Waals surface area contributed by atoms with Crippen LogP contribution >= 0.6 is 11.3 Å². The number of rotatable bonds is 14. The zero-order chi connectivity index (χ0) is 44.3. The number of anilines is 2. The van der Waals surface area contributed by atoms with E-state index < -0.39 is 18.2 Å². The lowest BCUT2D eigenvalue weighted by Gasteiger charge is -2.47. The molecule has 0 aliphatic carbocycles. The number of phenols is 1. The number of carbonyl (C=O) groups is 2. The van der Waals surface area contributed by atoms with Crippen LogP contribution in [-0.4, -0.2) is 148 Å². The van der Waals surface area contributed by atoms with Crippen molar-refractivity contribution in [2.45, 2.75) is 63.8 Å². The Morgan fingerprint density at radius 2 is 1.89 bits per heavy atom. The van der Waals surface area contributed by atoms with Gasteiger partial charge < -0.3 is 44.6 Å². The van der Waals surface area contributed by atoms with Gasteiger partial charge >= 0.3 is 0 Å². The van der Waals surface area contributed by atoms with Crippen molar-refractivity contribution in [3.05, 3.63) is 77.1 Å². The van der Waals surface area contributed by atoms with E-state index in [0.717, 1.165) is 98.4 Å². The fourth-order valence-electron chi connectivity index (χ4n) is 9.59. The standard InChI is InChI=1S/C46H56N10O7S/c1-28(35-9-8-31(18-41(35)61-3)44-29(2)48-27-64-44)49-46(60)39-19-33(57)26-56(39)43(59)21-34-20-42(52-63-34)62-17-16-53-12-10-30(11-13-53)24-54-14-15-55-32(25-54)23-47-45-38(55)22-37(50-51-45)36-6-4-5-7-40(36)58/h4-9,18,20,22,27-28,30,32-33,39,57-58H,10-17,19,21,23-26H2,1-3H3,(H,47,51)(H,49,60)/t28-,32-,33+,39-/m0/s1. The molecule has 0 bridgehead atoms. The van der Waals surface area contributed by atoms with Gasteiger partial charge in [-0.05, 0) is 80.7 Å². The third-order valence-corrected chi connectivity index (χ3v) is 14.0. The van der Waals surface area contributed by atoms with Crippen LogP contribution in [0.1, 0.15) is 49.2 Å². The molecule has 0 saturated carbocycles. The first-order valence-electron chi connectivity index (χ1n) is 22.2. The molecule has 64 heavy (non-hydrogen) atoms. The molecule has 4 atom stereocenters. The number of aromatic hydroxyl groups is 1. The Labute approximate surface area is 376 Å². The van der Waals surface area contributed by atoms with Crippen LogP contribution < -0.4 is 25.0 Å². The van der Waals surface area contributed by atoms with Crippen molar-refractivity contribution in [1.29, 1.82) is 0 Å². The molecule has 3 fully saturated rings. The van der Waals surface area contributed by atoms with Crippen LogP contribution in [0.15, 0.2) is 64.6 Å². The van der Waals surface area contributed by atoms with E-state index in [0.29, 0.717) is 47.2 Å². The fourth-order valence-corrected chi connectivity index (χ4v) is 10.4. The first-order chi connectivity index (χ1) is 31.1. The number of hydrogen-bond acceptors (Lipinski definition) is 16. The molecule has 4 aliphatic heterocycles. The number of carbonyl (C=O) groups excluding carboxylic acids is 2. The van der Waals surface area contributed by atoms with E-state index in [-0.39, 0.29) is 37.0 Å². The average Bonchev–Trinajstić information content (AvgIpc) is 4.06. The number of fused-ring (bicyclic) bond motifs is 3. The Kier molecular flexibility index (Phi) is 13.0. The van der Waals surface area contributed by atoms with E-state index in [1.54, 1.807) is 36.6 Å². The molecule has 2 aromatic carbocycles. The van der Waals surface area contributed by atoms with Crippen molar-refractivity contribution in [3.63, 3.8) is 0 Å². The number of methoxy groups -OCH3 is 1. The second-order valence-electron chi connectivity index (χ2n) is 17.3. The molecule has 2 amide bonds. The van der Waals surface area contributed by atoms with Crippen molar-refractivity contribution in [1.82, 2.24) is 40.4 Å². The van der Waals surface area contributed by atoms with E-state index in [1.165, 1.54) is 4.90 Å². The van der Waals surface area contributed by atoms with E-state index >= 15 is 0 Å². The number of para-hydroxylation sites is 1. The molecule has 338 valence electrons. The zero-order valence-electron chi connectivity index (χ0n) is 36.5. The van der Waals surface area contributed by atoms with Crippen LogP contribution in [0.3, 0.4) is 0 Å². The van der Waals surface area contributed by atoms with E-state index in [1.807, 2.05) is 55.8 Å². The molecule has 0 unspecified atom stereocenters. The van der Waals surface area contributed by atoms with Gasteiger partial charge in [0, 0.05) is 69.4 Å². The summed E-state index contributed by atoms with van der Waals surface area (Å²) in [6, 6.07) is 15.8. The Balaban J connectivity index is 0.700. The largest absolute Gasteiger partial charge is 0.507 e. The van der Waals surface area contributed by atoms with Gasteiger partial charge in [-0.3, -0.25) is 19.4 Å². The van der Waals surface area contributed by atoms with Crippen LogP contribution in [0.2, 0.25) is 0 Å². The second-order valence-corrected chi connectivity index (χ2v) is 18.2. The van der Waals surface area contributed by atoms with Crippen molar-refractivity contribution in [3.8, 4) is 39.1 Å². The number of hydrogen-bond donors (Lipinski definition) is 4. The number of piperidine rings is 1. The molecule has 3 aromatic heterocycles. The molecule has 4 N–H and O–H groups in total. The molecular formula is C46H56N10O7S. The number of β-amino-alcohol motifs (C(OH)–C–C–N with tert-alkyl or cyclic N) is 1. The quantitative estimate of drug-likeness (QED) is 0.123. The number of nitrogens with one attached hydrogen (secondary N) is 2. The summed E-state index contributed by atoms with van der Waals surface area (Å²) in [6.45, 7) is 11.9. The summed E-state index contributed by atoms with van der Waals surface area (Å²) in [6.07, 6.45) is 1.45. The number of phenolic OH excluding ortho intramolecular Hbond substituents is 1. The lowest BCUT2D eigenvalue weighted by molar-refractivity contribution is -0.138. The molecule has 9 rings (SSSR count). The predicted octanol–water partition coefficient (Wildman–Crippen LogP) is 4.37. The number of benzene rings is 2. The summed E-state index contributed by atoms with van der Waals surface area (Å²) < 4.78 is 17.1. The number of aromatic nitrogens is 4. The minimum Gasteiger partial charge on any atom is -0.507 e. The zero-order valence-corrected chi connectivity index (χ0v) is 37.3. The maximum Gasteiger partial charge on any atom is 0.254 e. The lowest BCUT2D eigenvalue weighted by Crippen LogP contribution is -2.58. The maximum atomic E-state index is 13.6. The molecule has 0 radical (unpaired) electrons. The number of aryl methyl sites for hydroxylation is 1. The number of aliphatic hydroxyl groups excluding tert-OH is 1. The Hall–Kier alpha value is -5.82. The van der Waals surface area contributed by atoms with Gasteiger partial charge in [0.1, 0.15) is 29.9 Å². The molecule has 17 nitrogen and oxygen atoms in total. The molecule has 7 heterocycles. The normalized spacial score (nSPS) is 20.9. The summed E-state index contributed by atoms with van der Waals surface area (Å²) in [5.41, 5.74) is 6.92. The first-order valence-corrected chi connectivity index (χ1v) is 23.0. The van der Waals surface area contributed by atoms with Gasteiger partial charge in [-0.25, -0.2) is 4.98 Å².